The zero-order valence-corrected chi connectivity index (χ0v) is 16.7. The minimum atomic E-state index is -0.167. The van der Waals surface area contributed by atoms with Gasteiger partial charge in [-0.1, -0.05) is 68.4 Å². The topological polar surface area (TPSA) is 68.5 Å². The monoisotopic (exact) mass is 379 g/mol. The maximum atomic E-state index is 12.3. The van der Waals surface area contributed by atoms with Crippen LogP contribution in [-0.2, 0) is 16.8 Å². The van der Waals surface area contributed by atoms with Gasteiger partial charge in [-0.15, -0.1) is 0 Å². The number of ether oxygens (including phenoxy) is 1. The number of hydrogen-bond donors (Lipinski definition) is 0. The van der Waals surface area contributed by atoms with E-state index in [-0.39, 0.29) is 24.5 Å². The van der Waals surface area contributed by atoms with Gasteiger partial charge < -0.3 is 14.2 Å². The lowest BCUT2D eigenvalue weighted by Gasteiger charge is -2.19. The summed E-state index contributed by atoms with van der Waals surface area (Å²) in [6.07, 6.45) is 0. The van der Waals surface area contributed by atoms with E-state index >= 15 is 0 Å². The highest BCUT2D eigenvalue weighted by atomic mass is 16.5. The lowest BCUT2D eigenvalue weighted by Crippen LogP contribution is -2.31. The fourth-order valence-corrected chi connectivity index (χ4v) is 2.62. The van der Waals surface area contributed by atoms with Crippen LogP contribution in [0.15, 0.2) is 59.1 Å². The highest BCUT2D eigenvalue weighted by Crippen LogP contribution is 2.24. The molecule has 0 aliphatic carbocycles. The van der Waals surface area contributed by atoms with E-state index < -0.39 is 0 Å². The summed E-state index contributed by atoms with van der Waals surface area (Å²) in [6.45, 7) is 6.64. The van der Waals surface area contributed by atoms with Crippen molar-refractivity contribution in [2.75, 3.05) is 13.7 Å². The van der Waals surface area contributed by atoms with E-state index in [1.165, 1.54) is 10.5 Å². The molecule has 6 nitrogen and oxygen atoms in total. The third-order valence-corrected chi connectivity index (χ3v) is 4.38. The zero-order chi connectivity index (χ0) is 20.1. The summed E-state index contributed by atoms with van der Waals surface area (Å²) in [5, 5.41) is 3.97. The molecule has 0 spiro atoms. The van der Waals surface area contributed by atoms with Crippen molar-refractivity contribution in [2.45, 2.75) is 32.7 Å². The molecule has 0 saturated carbocycles. The zero-order valence-electron chi connectivity index (χ0n) is 16.7. The molecule has 0 N–H and O–H groups in total. The van der Waals surface area contributed by atoms with Crippen molar-refractivity contribution in [3.8, 4) is 17.1 Å². The van der Waals surface area contributed by atoms with Gasteiger partial charge in [-0.2, -0.15) is 4.98 Å². The van der Waals surface area contributed by atoms with Crippen molar-refractivity contribution in [3.63, 3.8) is 0 Å². The van der Waals surface area contributed by atoms with Crippen LogP contribution in [0, 0.1) is 0 Å². The number of likely N-dealkylation sites (N-methyl/N-ethyl adjacent to an activating group) is 1. The Morgan fingerprint density at radius 3 is 2.39 bits per heavy atom. The van der Waals surface area contributed by atoms with Crippen LogP contribution in [0.2, 0.25) is 0 Å². The number of amides is 1. The molecule has 0 saturated heterocycles. The quantitative estimate of drug-likeness (QED) is 0.646. The van der Waals surface area contributed by atoms with E-state index in [2.05, 4.69) is 30.9 Å². The van der Waals surface area contributed by atoms with Crippen LogP contribution in [0.4, 0.5) is 0 Å². The third-order valence-electron chi connectivity index (χ3n) is 4.38. The highest BCUT2D eigenvalue weighted by molar-refractivity contribution is 5.77. The Labute approximate surface area is 165 Å². The van der Waals surface area contributed by atoms with Crippen molar-refractivity contribution in [1.82, 2.24) is 15.0 Å². The second-order valence-corrected chi connectivity index (χ2v) is 7.69. The minimum absolute atomic E-state index is 0.0506. The smallest absolute Gasteiger partial charge is 0.260 e. The van der Waals surface area contributed by atoms with Gasteiger partial charge in [-0.3, -0.25) is 4.79 Å². The summed E-state index contributed by atoms with van der Waals surface area (Å²) in [5.41, 5.74) is 2.17. The Kier molecular flexibility index (Phi) is 5.78. The number of rotatable bonds is 6. The maximum Gasteiger partial charge on any atom is 0.260 e. The SMILES string of the molecule is CN(Cc1nc(-c2ccccc2)no1)C(=O)COc1ccc(C(C)(C)C)cc1. The highest BCUT2D eigenvalue weighted by Gasteiger charge is 2.16. The van der Waals surface area contributed by atoms with Gasteiger partial charge in [0.2, 0.25) is 11.7 Å². The molecule has 1 aromatic heterocycles. The molecule has 0 radical (unpaired) electrons. The molecule has 146 valence electrons. The number of hydrogen-bond acceptors (Lipinski definition) is 5. The molecule has 0 unspecified atom stereocenters. The summed E-state index contributed by atoms with van der Waals surface area (Å²) in [5.74, 6) is 1.38. The average molecular weight is 379 g/mol. The number of carbonyl (C=O) groups excluding carboxylic acids is 1. The van der Waals surface area contributed by atoms with Gasteiger partial charge in [0.1, 0.15) is 5.75 Å². The predicted molar refractivity (Wildman–Crippen MR) is 107 cm³/mol. The van der Waals surface area contributed by atoms with Gasteiger partial charge in [0.05, 0.1) is 6.54 Å². The van der Waals surface area contributed by atoms with Gasteiger partial charge >= 0.3 is 0 Å². The van der Waals surface area contributed by atoms with Gasteiger partial charge in [0, 0.05) is 12.6 Å². The molecule has 0 atom stereocenters. The van der Waals surface area contributed by atoms with Gasteiger partial charge in [-0.05, 0) is 23.1 Å². The molecule has 0 aliphatic rings. The molecule has 1 heterocycles. The van der Waals surface area contributed by atoms with Crippen molar-refractivity contribution in [1.29, 1.82) is 0 Å². The summed E-state index contributed by atoms with van der Waals surface area (Å²) in [6, 6.07) is 17.4. The van der Waals surface area contributed by atoms with E-state index in [0.717, 1.165) is 5.56 Å². The molecule has 0 bridgehead atoms. The first-order chi connectivity index (χ1) is 13.3. The minimum Gasteiger partial charge on any atom is -0.484 e. The lowest BCUT2D eigenvalue weighted by molar-refractivity contribution is -0.132. The molecule has 6 heteroatoms. The first-order valence-corrected chi connectivity index (χ1v) is 9.18. The van der Waals surface area contributed by atoms with Crippen molar-refractivity contribution in [3.05, 3.63) is 66.1 Å². The fourth-order valence-electron chi connectivity index (χ4n) is 2.62. The predicted octanol–water partition coefficient (Wildman–Crippen LogP) is 4.07. The molecule has 0 aliphatic heterocycles. The van der Waals surface area contributed by atoms with Crippen LogP contribution in [0.25, 0.3) is 11.4 Å². The summed E-state index contributed by atoms with van der Waals surface area (Å²) < 4.78 is 10.9. The number of nitrogens with zero attached hydrogens (tertiary/aromatic N) is 3. The molecular weight excluding hydrogens is 354 g/mol. The Bertz CT molecular complexity index is 912. The first-order valence-electron chi connectivity index (χ1n) is 9.18. The third kappa shape index (κ3) is 4.97. The second kappa shape index (κ2) is 8.25. The lowest BCUT2D eigenvalue weighted by atomic mass is 9.87. The number of benzene rings is 2. The summed E-state index contributed by atoms with van der Waals surface area (Å²) in [7, 11) is 1.68. The van der Waals surface area contributed by atoms with E-state index in [1.54, 1.807) is 7.05 Å². The Hall–Kier alpha value is -3.15. The molecule has 3 rings (SSSR count). The second-order valence-electron chi connectivity index (χ2n) is 7.69. The maximum absolute atomic E-state index is 12.3. The van der Waals surface area contributed by atoms with Gasteiger partial charge in [0.25, 0.3) is 5.91 Å². The van der Waals surface area contributed by atoms with Crippen LogP contribution in [0.1, 0.15) is 32.2 Å². The average Bonchev–Trinajstić information content (AvgIpc) is 3.15. The van der Waals surface area contributed by atoms with Crippen LogP contribution >= 0.6 is 0 Å². The van der Waals surface area contributed by atoms with Gasteiger partial charge in [0.15, 0.2) is 6.61 Å². The molecule has 0 fully saturated rings. The van der Waals surface area contributed by atoms with Crippen molar-refractivity contribution < 1.29 is 14.1 Å². The van der Waals surface area contributed by atoms with Crippen LogP contribution in [0.3, 0.4) is 0 Å². The first kappa shape index (κ1) is 19.6. The van der Waals surface area contributed by atoms with E-state index in [1.807, 2.05) is 54.6 Å². The normalized spacial score (nSPS) is 11.3. The standard InChI is InChI=1S/C22H25N3O3/c1-22(2,3)17-10-12-18(13-11-17)27-15-20(26)25(4)14-19-23-21(24-28-19)16-8-6-5-7-9-16/h5-13H,14-15H2,1-4H3. The molecule has 1 amide bonds. The molecular formula is C22H25N3O3. The van der Waals surface area contributed by atoms with Crippen LogP contribution in [-0.4, -0.2) is 34.6 Å². The molecule has 2 aromatic carbocycles. The van der Waals surface area contributed by atoms with Crippen LogP contribution < -0.4 is 4.74 Å². The Morgan fingerprint density at radius 2 is 1.75 bits per heavy atom. The largest absolute Gasteiger partial charge is 0.484 e. The Balaban J connectivity index is 1.53. The number of carbonyl (C=O) groups is 1. The van der Waals surface area contributed by atoms with Crippen LogP contribution in [0.5, 0.6) is 5.75 Å². The fraction of sp³-hybridized carbons (Fsp3) is 0.318. The van der Waals surface area contributed by atoms with Gasteiger partial charge in [-0.25, -0.2) is 0 Å². The summed E-state index contributed by atoms with van der Waals surface area (Å²) >= 11 is 0. The molecule has 28 heavy (non-hydrogen) atoms. The number of aromatic nitrogens is 2. The Morgan fingerprint density at radius 1 is 1.07 bits per heavy atom. The molecule has 3 aromatic rings. The summed E-state index contributed by atoms with van der Waals surface area (Å²) in [4.78, 5) is 18.2. The van der Waals surface area contributed by atoms with E-state index in [4.69, 9.17) is 9.26 Å². The van der Waals surface area contributed by atoms with Crippen molar-refractivity contribution in [2.24, 2.45) is 0 Å². The van der Waals surface area contributed by atoms with Crippen molar-refractivity contribution >= 4 is 5.91 Å². The van der Waals surface area contributed by atoms with E-state index in [0.29, 0.717) is 17.5 Å². The van der Waals surface area contributed by atoms with E-state index in [9.17, 15) is 4.79 Å².